The summed E-state index contributed by atoms with van der Waals surface area (Å²) in [5.74, 6) is 0.724. The van der Waals surface area contributed by atoms with E-state index in [0.717, 1.165) is 12.5 Å². The van der Waals surface area contributed by atoms with Gasteiger partial charge in [-0.15, -0.1) is 0 Å². The number of aliphatic imine (C=N–C) groups is 1. The third-order valence-electron chi connectivity index (χ3n) is 4.28. The van der Waals surface area contributed by atoms with Crippen LogP contribution in [0.2, 0.25) is 0 Å². The predicted octanol–water partition coefficient (Wildman–Crippen LogP) is 2.61. The Morgan fingerprint density at radius 2 is 1.75 bits per heavy atom. The van der Waals surface area contributed by atoms with Gasteiger partial charge in [-0.25, -0.2) is 0 Å². The highest BCUT2D eigenvalue weighted by molar-refractivity contribution is 5.78. The number of rotatable bonds is 6. The van der Waals surface area contributed by atoms with Crippen LogP contribution in [-0.2, 0) is 0 Å². The number of nitrogens with zero attached hydrogens (tertiary/aromatic N) is 2. The van der Waals surface area contributed by atoms with Crippen molar-refractivity contribution < 1.29 is 0 Å². The van der Waals surface area contributed by atoms with Gasteiger partial charge < -0.3 is 10.6 Å². The Morgan fingerprint density at radius 3 is 2.12 bits per heavy atom. The molecular formula is C13H27N3. The molecule has 0 aliphatic heterocycles. The van der Waals surface area contributed by atoms with Crippen molar-refractivity contribution in [2.24, 2.45) is 16.1 Å². The van der Waals surface area contributed by atoms with E-state index in [2.05, 4.69) is 37.7 Å². The first kappa shape index (κ1) is 13.3. The van der Waals surface area contributed by atoms with Crippen LogP contribution in [0.3, 0.4) is 0 Å². The van der Waals surface area contributed by atoms with E-state index in [1.54, 1.807) is 0 Å². The van der Waals surface area contributed by atoms with Crippen molar-refractivity contribution in [2.45, 2.75) is 58.9 Å². The highest BCUT2D eigenvalue weighted by Gasteiger charge is 2.28. The smallest absolute Gasteiger partial charge is 0.191 e. The molecular weight excluding hydrogens is 198 g/mol. The van der Waals surface area contributed by atoms with Crippen LogP contribution < -0.4 is 5.73 Å². The van der Waals surface area contributed by atoms with E-state index >= 15 is 0 Å². The number of hydrogen-bond acceptors (Lipinski definition) is 1. The molecule has 94 valence electrons. The van der Waals surface area contributed by atoms with E-state index in [9.17, 15) is 0 Å². The summed E-state index contributed by atoms with van der Waals surface area (Å²) in [6, 6.07) is 0.656. The molecule has 3 heteroatoms. The normalized spacial score (nSPS) is 17.6. The minimum absolute atomic E-state index is 0.356. The van der Waals surface area contributed by atoms with Crippen LogP contribution in [0.1, 0.15) is 52.9 Å². The number of guanidine groups is 1. The van der Waals surface area contributed by atoms with Crippen LogP contribution in [0.25, 0.3) is 0 Å². The molecule has 0 aromatic heterocycles. The zero-order chi connectivity index (χ0) is 12.2. The third kappa shape index (κ3) is 3.13. The van der Waals surface area contributed by atoms with E-state index in [4.69, 9.17) is 5.73 Å². The van der Waals surface area contributed by atoms with Gasteiger partial charge in [0.05, 0.1) is 0 Å². The maximum absolute atomic E-state index is 6.01. The molecule has 0 bridgehead atoms. The van der Waals surface area contributed by atoms with Crippen molar-refractivity contribution >= 4 is 5.96 Å². The van der Waals surface area contributed by atoms with Crippen molar-refractivity contribution in [1.29, 1.82) is 0 Å². The van der Waals surface area contributed by atoms with Gasteiger partial charge in [0.15, 0.2) is 5.96 Å². The fourth-order valence-corrected chi connectivity index (χ4v) is 2.09. The third-order valence-corrected chi connectivity index (χ3v) is 4.28. The van der Waals surface area contributed by atoms with E-state index < -0.39 is 0 Å². The summed E-state index contributed by atoms with van der Waals surface area (Å²) < 4.78 is 0. The highest BCUT2D eigenvalue weighted by Crippen LogP contribution is 2.31. The van der Waals surface area contributed by atoms with Crippen LogP contribution in [0.5, 0.6) is 0 Å². The Labute approximate surface area is 100 Å². The fourth-order valence-electron chi connectivity index (χ4n) is 2.09. The Morgan fingerprint density at radius 1 is 1.25 bits per heavy atom. The SMILES string of the molecule is CCC(CC)(CC)CN=C(N)N(C)C1CC1. The molecule has 1 aliphatic carbocycles. The van der Waals surface area contributed by atoms with Crippen LogP contribution in [-0.4, -0.2) is 30.5 Å². The fraction of sp³-hybridized carbons (Fsp3) is 0.923. The molecule has 0 heterocycles. The maximum Gasteiger partial charge on any atom is 0.191 e. The molecule has 0 saturated heterocycles. The van der Waals surface area contributed by atoms with E-state index in [1.807, 2.05) is 0 Å². The molecule has 1 aliphatic rings. The average Bonchev–Trinajstić information content (AvgIpc) is 3.14. The molecule has 16 heavy (non-hydrogen) atoms. The minimum atomic E-state index is 0.356. The maximum atomic E-state index is 6.01. The second-order valence-electron chi connectivity index (χ2n) is 5.08. The van der Waals surface area contributed by atoms with Crippen LogP contribution in [0.4, 0.5) is 0 Å². The van der Waals surface area contributed by atoms with Crippen LogP contribution >= 0.6 is 0 Å². The zero-order valence-corrected chi connectivity index (χ0v) is 11.3. The highest BCUT2D eigenvalue weighted by atomic mass is 15.3. The van der Waals surface area contributed by atoms with Crippen molar-refractivity contribution in [2.75, 3.05) is 13.6 Å². The molecule has 0 radical (unpaired) electrons. The van der Waals surface area contributed by atoms with Gasteiger partial charge in [0.1, 0.15) is 0 Å². The molecule has 2 N–H and O–H groups in total. The standard InChI is InChI=1S/C13H27N3/c1-5-13(6-2,7-3)10-15-12(14)16(4)11-8-9-11/h11H,5-10H2,1-4H3,(H2,14,15). The summed E-state index contributed by atoms with van der Waals surface area (Å²) >= 11 is 0. The zero-order valence-electron chi connectivity index (χ0n) is 11.3. The topological polar surface area (TPSA) is 41.6 Å². The molecule has 0 spiro atoms. The van der Waals surface area contributed by atoms with Crippen LogP contribution in [0, 0.1) is 5.41 Å². The predicted molar refractivity (Wildman–Crippen MR) is 70.6 cm³/mol. The van der Waals surface area contributed by atoms with E-state index in [0.29, 0.717) is 11.5 Å². The second-order valence-corrected chi connectivity index (χ2v) is 5.08. The molecule has 0 amide bonds. The summed E-state index contributed by atoms with van der Waals surface area (Å²) in [5.41, 5.74) is 6.36. The second kappa shape index (κ2) is 5.55. The molecule has 0 aromatic carbocycles. The van der Waals surface area contributed by atoms with E-state index in [1.165, 1.54) is 32.1 Å². The monoisotopic (exact) mass is 225 g/mol. The minimum Gasteiger partial charge on any atom is -0.370 e. The lowest BCUT2D eigenvalue weighted by Crippen LogP contribution is -2.37. The Hall–Kier alpha value is -0.730. The Bertz CT molecular complexity index is 231. The van der Waals surface area contributed by atoms with Crippen molar-refractivity contribution in [1.82, 2.24) is 4.90 Å². The lowest BCUT2D eigenvalue weighted by molar-refractivity contribution is 0.262. The summed E-state index contributed by atoms with van der Waals surface area (Å²) in [5, 5.41) is 0. The van der Waals surface area contributed by atoms with E-state index in [-0.39, 0.29) is 0 Å². The summed E-state index contributed by atoms with van der Waals surface area (Å²) in [4.78, 5) is 6.72. The Balaban J connectivity index is 2.54. The summed E-state index contributed by atoms with van der Waals surface area (Å²) in [6.07, 6.45) is 6.10. The molecule has 1 rings (SSSR count). The van der Waals surface area contributed by atoms with Crippen molar-refractivity contribution in [3.05, 3.63) is 0 Å². The molecule has 0 unspecified atom stereocenters. The van der Waals surface area contributed by atoms with Gasteiger partial charge in [-0.3, -0.25) is 4.99 Å². The lowest BCUT2D eigenvalue weighted by Gasteiger charge is -2.29. The van der Waals surface area contributed by atoms with Crippen molar-refractivity contribution in [3.8, 4) is 0 Å². The first-order valence-electron chi connectivity index (χ1n) is 6.61. The average molecular weight is 225 g/mol. The lowest BCUT2D eigenvalue weighted by atomic mass is 9.80. The number of hydrogen-bond donors (Lipinski definition) is 1. The van der Waals surface area contributed by atoms with Gasteiger partial charge in [-0.2, -0.15) is 0 Å². The molecule has 1 saturated carbocycles. The van der Waals surface area contributed by atoms with Gasteiger partial charge in [0.25, 0.3) is 0 Å². The first-order valence-corrected chi connectivity index (χ1v) is 6.61. The summed E-state index contributed by atoms with van der Waals surface area (Å²) in [6.45, 7) is 7.63. The molecule has 0 atom stereocenters. The van der Waals surface area contributed by atoms with Gasteiger partial charge in [0, 0.05) is 19.6 Å². The number of nitrogens with two attached hydrogens (primary N) is 1. The molecule has 0 aromatic rings. The summed E-state index contributed by atoms with van der Waals surface area (Å²) in [7, 11) is 2.06. The van der Waals surface area contributed by atoms with Gasteiger partial charge in [-0.1, -0.05) is 20.8 Å². The molecule has 1 fully saturated rings. The largest absolute Gasteiger partial charge is 0.370 e. The first-order chi connectivity index (χ1) is 7.58. The van der Waals surface area contributed by atoms with Crippen molar-refractivity contribution in [3.63, 3.8) is 0 Å². The molecule has 3 nitrogen and oxygen atoms in total. The Kier molecular flexibility index (Phi) is 4.63. The van der Waals surface area contributed by atoms with Gasteiger partial charge in [-0.05, 0) is 37.5 Å². The van der Waals surface area contributed by atoms with Gasteiger partial charge in [0.2, 0.25) is 0 Å². The quantitative estimate of drug-likeness (QED) is 0.557. The van der Waals surface area contributed by atoms with Gasteiger partial charge >= 0.3 is 0 Å². The van der Waals surface area contributed by atoms with Crippen LogP contribution in [0.15, 0.2) is 4.99 Å².